The molecule has 1 amide bonds. The first-order valence-electron chi connectivity index (χ1n) is 9.39. The standard InChI is InChI=1S/C23H21FN4O/c1-14-6-4-5-7-18(14)12-26-23(29)20-13-25-22-21(15(2)27-28(22)16(20)3)17-8-10-19(24)11-9-17/h4-11,13H,12H2,1-3H3,(H,26,29). The minimum atomic E-state index is -0.292. The molecular formula is C23H21FN4O. The summed E-state index contributed by atoms with van der Waals surface area (Å²) in [6.45, 7) is 6.19. The van der Waals surface area contributed by atoms with Crippen LogP contribution in [-0.2, 0) is 6.54 Å². The maximum Gasteiger partial charge on any atom is 0.254 e. The minimum absolute atomic E-state index is 0.198. The molecule has 0 atom stereocenters. The number of nitrogens with one attached hydrogen (secondary N) is 1. The zero-order valence-electron chi connectivity index (χ0n) is 16.5. The highest BCUT2D eigenvalue weighted by atomic mass is 19.1. The molecule has 0 unspecified atom stereocenters. The van der Waals surface area contributed by atoms with Crippen LogP contribution in [0.25, 0.3) is 16.8 Å². The lowest BCUT2D eigenvalue weighted by Crippen LogP contribution is -2.25. The highest BCUT2D eigenvalue weighted by Gasteiger charge is 2.18. The summed E-state index contributed by atoms with van der Waals surface area (Å²) in [4.78, 5) is 17.3. The highest BCUT2D eigenvalue weighted by Crippen LogP contribution is 2.28. The quantitative estimate of drug-likeness (QED) is 0.564. The van der Waals surface area contributed by atoms with Crippen molar-refractivity contribution in [1.82, 2.24) is 19.9 Å². The van der Waals surface area contributed by atoms with Gasteiger partial charge in [0.25, 0.3) is 5.91 Å². The van der Waals surface area contributed by atoms with E-state index < -0.39 is 0 Å². The van der Waals surface area contributed by atoms with Gasteiger partial charge in [-0.3, -0.25) is 4.79 Å². The Kier molecular flexibility index (Phi) is 4.84. The zero-order valence-corrected chi connectivity index (χ0v) is 16.5. The molecular weight excluding hydrogens is 367 g/mol. The number of aromatic nitrogens is 3. The van der Waals surface area contributed by atoms with Crippen LogP contribution in [-0.4, -0.2) is 20.5 Å². The number of hydrogen-bond acceptors (Lipinski definition) is 3. The van der Waals surface area contributed by atoms with E-state index in [0.717, 1.165) is 27.9 Å². The van der Waals surface area contributed by atoms with Crippen molar-refractivity contribution in [1.29, 1.82) is 0 Å². The van der Waals surface area contributed by atoms with E-state index in [-0.39, 0.29) is 11.7 Å². The van der Waals surface area contributed by atoms with Gasteiger partial charge in [-0.25, -0.2) is 13.9 Å². The summed E-state index contributed by atoms with van der Waals surface area (Å²) < 4.78 is 15.0. The van der Waals surface area contributed by atoms with Crippen molar-refractivity contribution in [2.75, 3.05) is 0 Å². The number of hydrogen-bond donors (Lipinski definition) is 1. The van der Waals surface area contributed by atoms with Crippen LogP contribution in [0.4, 0.5) is 4.39 Å². The number of fused-ring (bicyclic) bond motifs is 1. The number of rotatable bonds is 4. The van der Waals surface area contributed by atoms with Crippen LogP contribution in [0.5, 0.6) is 0 Å². The number of benzene rings is 2. The van der Waals surface area contributed by atoms with Crippen LogP contribution in [0.1, 0.15) is 32.9 Å². The lowest BCUT2D eigenvalue weighted by molar-refractivity contribution is 0.0949. The third-order valence-corrected chi connectivity index (χ3v) is 5.14. The second-order valence-electron chi connectivity index (χ2n) is 7.07. The summed E-state index contributed by atoms with van der Waals surface area (Å²) in [6.07, 6.45) is 1.58. The largest absolute Gasteiger partial charge is 0.348 e. The number of amides is 1. The number of halogens is 1. The number of carbonyl (C=O) groups is 1. The molecule has 0 saturated heterocycles. The number of aryl methyl sites for hydroxylation is 3. The fourth-order valence-corrected chi connectivity index (χ4v) is 3.46. The summed E-state index contributed by atoms with van der Waals surface area (Å²) in [6, 6.07) is 14.2. The van der Waals surface area contributed by atoms with Gasteiger partial charge in [0, 0.05) is 18.3 Å². The van der Waals surface area contributed by atoms with E-state index >= 15 is 0 Å². The molecule has 0 aliphatic rings. The molecule has 6 heteroatoms. The monoisotopic (exact) mass is 388 g/mol. The fraction of sp³-hybridized carbons (Fsp3) is 0.174. The highest BCUT2D eigenvalue weighted by molar-refractivity contribution is 5.95. The second kappa shape index (κ2) is 7.47. The lowest BCUT2D eigenvalue weighted by Gasteiger charge is -2.10. The van der Waals surface area contributed by atoms with Gasteiger partial charge in [-0.15, -0.1) is 0 Å². The van der Waals surface area contributed by atoms with Crippen LogP contribution in [0.3, 0.4) is 0 Å². The molecule has 0 aliphatic heterocycles. The van der Waals surface area contributed by atoms with Crippen LogP contribution >= 0.6 is 0 Å². The van der Waals surface area contributed by atoms with Crippen molar-refractivity contribution in [2.24, 2.45) is 0 Å². The van der Waals surface area contributed by atoms with Gasteiger partial charge in [-0.05, 0) is 49.6 Å². The lowest BCUT2D eigenvalue weighted by atomic mass is 10.1. The molecule has 0 aliphatic carbocycles. The average molecular weight is 388 g/mol. The van der Waals surface area contributed by atoms with Crippen LogP contribution in [0, 0.1) is 26.6 Å². The van der Waals surface area contributed by atoms with Gasteiger partial charge < -0.3 is 5.32 Å². The van der Waals surface area contributed by atoms with Gasteiger partial charge in [0.1, 0.15) is 5.82 Å². The Hall–Kier alpha value is -3.54. The van der Waals surface area contributed by atoms with Gasteiger partial charge in [0.15, 0.2) is 5.65 Å². The smallest absolute Gasteiger partial charge is 0.254 e. The molecule has 1 N–H and O–H groups in total. The number of nitrogens with zero attached hydrogens (tertiary/aromatic N) is 3. The maximum absolute atomic E-state index is 13.3. The molecule has 0 radical (unpaired) electrons. The Morgan fingerprint density at radius 2 is 1.79 bits per heavy atom. The normalized spacial score (nSPS) is 11.0. The van der Waals surface area contributed by atoms with E-state index in [2.05, 4.69) is 15.4 Å². The molecule has 146 valence electrons. The molecule has 29 heavy (non-hydrogen) atoms. The molecule has 5 nitrogen and oxygen atoms in total. The predicted molar refractivity (Wildman–Crippen MR) is 110 cm³/mol. The Morgan fingerprint density at radius 3 is 2.52 bits per heavy atom. The molecule has 0 fully saturated rings. The molecule has 2 aromatic carbocycles. The third-order valence-electron chi connectivity index (χ3n) is 5.14. The summed E-state index contributed by atoms with van der Waals surface area (Å²) in [5.74, 6) is -0.490. The van der Waals surface area contributed by atoms with E-state index in [1.165, 1.54) is 12.1 Å². The average Bonchev–Trinajstić information content (AvgIpc) is 3.05. The van der Waals surface area contributed by atoms with Gasteiger partial charge in [0.2, 0.25) is 0 Å². The van der Waals surface area contributed by atoms with E-state index in [4.69, 9.17) is 0 Å². The van der Waals surface area contributed by atoms with E-state index in [1.807, 2.05) is 45.0 Å². The first-order chi connectivity index (χ1) is 14.0. The summed E-state index contributed by atoms with van der Waals surface area (Å²) in [5, 5.41) is 7.53. The fourth-order valence-electron chi connectivity index (χ4n) is 3.46. The number of carbonyl (C=O) groups excluding carboxylic acids is 1. The molecule has 4 rings (SSSR count). The van der Waals surface area contributed by atoms with Crippen LogP contribution in [0.15, 0.2) is 54.7 Å². The van der Waals surface area contributed by atoms with Gasteiger partial charge in [-0.1, -0.05) is 36.4 Å². The summed E-state index contributed by atoms with van der Waals surface area (Å²) >= 11 is 0. The van der Waals surface area contributed by atoms with Crippen molar-refractivity contribution in [3.63, 3.8) is 0 Å². The van der Waals surface area contributed by atoms with Crippen LogP contribution in [0.2, 0.25) is 0 Å². The topological polar surface area (TPSA) is 59.3 Å². The third kappa shape index (κ3) is 3.49. The van der Waals surface area contributed by atoms with Crippen molar-refractivity contribution in [3.8, 4) is 11.1 Å². The Morgan fingerprint density at radius 1 is 1.07 bits per heavy atom. The Balaban J connectivity index is 1.67. The van der Waals surface area contributed by atoms with E-state index in [1.54, 1.807) is 22.8 Å². The van der Waals surface area contributed by atoms with Gasteiger partial charge in [0.05, 0.1) is 17.0 Å². The Labute approximate surface area is 168 Å². The summed E-state index contributed by atoms with van der Waals surface area (Å²) in [7, 11) is 0. The molecule has 4 aromatic rings. The van der Waals surface area contributed by atoms with Crippen LogP contribution < -0.4 is 5.32 Å². The summed E-state index contributed by atoms with van der Waals surface area (Å²) in [5.41, 5.74) is 6.45. The first-order valence-corrected chi connectivity index (χ1v) is 9.39. The van der Waals surface area contributed by atoms with Gasteiger partial charge in [-0.2, -0.15) is 5.10 Å². The van der Waals surface area contributed by atoms with Gasteiger partial charge >= 0.3 is 0 Å². The second-order valence-corrected chi connectivity index (χ2v) is 7.07. The van der Waals surface area contributed by atoms with Crippen molar-refractivity contribution in [3.05, 3.63) is 88.6 Å². The molecule has 0 saturated carbocycles. The maximum atomic E-state index is 13.3. The predicted octanol–water partition coefficient (Wildman–Crippen LogP) is 4.39. The van der Waals surface area contributed by atoms with Crippen molar-refractivity contribution in [2.45, 2.75) is 27.3 Å². The Bertz CT molecular complexity index is 1210. The molecule has 0 bridgehead atoms. The SMILES string of the molecule is Cc1ccccc1CNC(=O)c1cnc2c(-c3ccc(F)cc3)c(C)nn2c1C. The zero-order chi connectivity index (χ0) is 20.5. The molecule has 2 heterocycles. The minimum Gasteiger partial charge on any atom is -0.348 e. The van der Waals surface area contributed by atoms with Crippen molar-refractivity contribution < 1.29 is 9.18 Å². The molecule has 2 aromatic heterocycles. The molecule has 0 spiro atoms. The first kappa shape index (κ1) is 18.8. The van der Waals surface area contributed by atoms with E-state index in [0.29, 0.717) is 23.4 Å². The van der Waals surface area contributed by atoms with E-state index in [9.17, 15) is 9.18 Å². The van der Waals surface area contributed by atoms with Crippen molar-refractivity contribution >= 4 is 11.6 Å².